The number of amides is 2. The average Bonchev–Trinajstić information content (AvgIpc) is 2.35. The van der Waals surface area contributed by atoms with Crippen LogP contribution >= 0.6 is 15.9 Å². The maximum absolute atomic E-state index is 11.8. The molecule has 1 aromatic rings. The predicted octanol–water partition coefficient (Wildman–Crippen LogP) is 3.06. The predicted molar refractivity (Wildman–Crippen MR) is 74.9 cm³/mol. The number of rotatable bonds is 2. The summed E-state index contributed by atoms with van der Waals surface area (Å²) in [4.78, 5) is 11.8. The fourth-order valence-corrected chi connectivity index (χ4v) is 2.24. The third kappa shape index (κ3) is 3.71. The number of halogens is 1. The molecule has 1 saturated heterocycles. The molecule has 1 aliphatic heterocycles. The normalized spacial score (nSPS) is 16.3. The summed E-state index contributed by atoms with van der Waals surface area (Å²) < 4.78 is 6.24. The molecule has 0 saturated carbocycles. The zero-order valence-electron chi connectivity index (χ0n) is 10.3. The first-order valence-electron chi connectivity index (χ1n) is 6.06. The zero-order chi connectivity index (χ0) is 13.0. The van der Waals surface area contributed by atoms with Gasteiger partial charge in [0, 0.05) is 29.4 Å². The number of anilines is 1. The highest BCUT2D eigenvalue weighted by atomic mass is 79.9. The van der Waals surface area contributed by atoms with Crippen molar-refractivity contribution in [1.82, 2.24) is 5.32 Å². The van der Waals surface area contributed by atoms with Crippen LogP contribution in [0.4, 0.5) is 10.5 Å². The molecule has 0 unspecified atom stereocenters. The SMILES string of the molecule is Cc1ccc(NC(=O)NC2CCOCC2)cc1Br. The molecule has 2 N–H and O–H groups in total. The van der Waals surface area contributed by atoms with E-state index >= 15 is 0 Å². The lowest BCUT2D eigenvalue weighted by atomic mass is 10.1. The molecule has 1 heterocycles. The molecule has 1 aromatic carbocycles. The van der Waals surface area contributed by atoms with E-state index in [1.807, 2.05) is 25.1 Å². The smallest absolute Gasteiger partial charge is 0.319 e. The molecule has 18 heavy (non-hydrogen) atoms. The van der Waals surface area contributed by atoms with E-state index in [4.69, 9.17) is 4.74 Å². The average molecular weight is 313 g/mol. The van der Waals surface area contributed by atoms with Crippen LogP contribution in [0.2, 0.25) is 0 Å². The lowest BCUT2D eigenvalue weighted by Crippen LogP contribution is -2.41. The summed E-state index contributed by atoms with van der Waals surface area (Å²) in [5, 5.41) is 5.79. The number of carbonyl (C=O) groups is 1. The van der Waals surface area contributed by atoms with Gasteiger partial charge < -0.3 is 15.4 Å². The van der Waals surface area contributed by atoms with Crippen LogP contribution in [0.5, 0.6) is 0 Å². The van der Waals surface area contributed by atoms with Crippen LogP contribution in [0, 0.1) is 6.92 Å². The van der Waals surface area contributed by atoms with Crippen molar-refractivity contribution in [2.24, 2.45) is 0 Å². The minimum Gasteiger partial charge on any atom is -0.381 e. The van der Waals surface area contributed by atoms with E-state index in [1.54, 1.807) is 0 Å². The van der Waals surface area contributed by atoms with Gasteiger partial charge in [-0.1, -0.05) is 22.0 Å². The van der Waals surface area contributed by atoms with Gasteiger partial charge in [-0.05, 0) is 37.5 Å². The van der Waals surface area contributed by atoms with E-state index < -0.39 is 0 Å². The van der Waals surface area contributed by atoms with Crippen molar-refractivity contribution in [3.8, 4) is 0 Å². The molecule has 4 nitrogen and oxygen atoms in total. The Labute approximate surface area is 115 Å². The summed E-state index contributed by atoms with van der Waals surface area (Å²) in [5.74, 6) is 0. The highest BCUT2D eigenvalue weighted by Crippen LogP contribution is 2.20. The first-order chi connectivity index (χ1) is 8.65. The van der Waals surface area contributed by atoms with Crippen LogP contribution in [0.15, 0.2) is 22.7 Å². The number of urea groups is 1. The van der Waals surface area contributed by atoms with Crippen molar-refractivity contribution in [2.75, 3.05) is 18.5 Å². The fourth-order valence-electron chi connectivity index (χ4n) is 1.87. The Bertz CT molecular complexity index is 431. The summed E-state index contributed by atoms with van der Waals surface area (Å²) in [7, 11) is 0. The van der Waals surface area contributed by atoms with Gasteiger partial charge >= 0.3 is 6.03 Å². The van der Waals surface area contributed by atoms with Gasteiger partial charge in [0.05, 0.1) is 0 Å². The summed E-state index contributed by atoms with van der Waals surface area (Å²) >= 11 is 3.45. The van der Waals surface area contributed by atoms with Gasteiger partial charge in [0.15, 0.2) is 0 Å². The molecule has 0 radical (unpaired) electrons. The Hall–Kier alpha value is -1.07. The van der Waals surface area contributed by atoms with Crippen LogP contribution in [-0.2, 0) is 4.74 Å². The molecule has 0 bridgehead atoms. The standard InChI is InChI=1S/C13H17BrN2O2/c1-9-2-3-11(8-12(9)14)16-13(17)15-10-4-6-18-7-5-10/h2-3,8,10H,4-7H2,1H3,(H2,15,16,17). The molecule has 5 heteroatoms. The summed E-state index contributed by atoms with van der Waals surface area (Å²) in [6, 6.07) is 5.82. The lowest BCUT2D eigenvalue weighted by molar-refractivity contribution is 0.0806. The van der Waals surface area contributed by atoms with Crippen molar-refractivity contribution in [2.45, 2.75) is 25.8 Å². The van der Waals surface area contributed by atoms with Crippen LogP contribution in [0.3, 0.4) is 0 Å². The van der Waals surface area contributed by atoms with E-state index in [-0.39, 0.29) is 12.1 Å². The second kappa shape index (κ2) is 6.20. The molecule has 1 fully saturated rings. The number of hydrogen-bond acceptors (Lipinski definition) is 2. The van der Waals surface area contributed by atoms with Gasteiger partial charge in [-0.2, -0.15) is 0 Å². The second-order valence-electron chi connectivity index (χ2n) is 4.45. The molecular weight excluding hydrogens is 296 g/mol. The van der Waals surface area contributed by atoms with Crippen molar-refractivity contribution >= 4 is 27.6 Å². The Balaban J connectivity index is 1.88. The largest absolute Gasteiger partial charge is 0.381 e. The number of aryl methyl sites for hydroxylation is 1. The van der Waals surface area contributed by atoms with E-state index in [0.717, 1.165) is 41.8 Å². The zero-order valence-corrected chi connectivity index (χ0v) is 11.9. The van der Waals surface area contributed by atoms with Crippen molar-refractivity contribution in [3.05, 3.63) is 28.2 Å². The highest BCUT2D eigenvalue weighted by molar-refractivity contribution is 9.10. The highest BCUT2D eigenvalue weighted by Gasteiger charge is 2.15. The Morgan fingerprint density at radius 2 is 2.11 bits per heavy atom. The maximum Gasteiger partial charge on any atom is 0.319 e. The van der Waals surface area contributed by atoms with Gasteiger partial charge in [-0.25, -0.2) is 4.79 Å². The van der Waals surface area contributed by atoms with E-state index in [1.165, 1.54) is 0 Å². The van der Waals surface area contributed by atoms with Gasteiger partial charge in [0.2, 0.25) is 0 Å². The Morgan fingerprint density at radius 3 is 2.78 bits per heavy atom. The summed E-state index contributed by atoms with van der Waals surface area (Å²) in [6.07, 6.45) is 1.76. The first kappa shape index (κ1) is 13.4. The quantitative estimate of drug-likeness (QED) is 0.881. The van der Waals surface area contributed by atoms with E-state index in [9.17, 15) is 4.79 Å². The molecule has 2 amide bonds. The second-order valence-corrected chi connectivity index (χ2v) is 5.30. The van der Waals surface area contributed by atoms with Gasteiger partial charge in [-0.3, -0.25) is 0 Å². The van der Waals surface area contributed by atoms with E-state index in [2.05, 4.69) is 26.6 Å². The summed E-state index contributed by atoms with van der Waals surface area (Å²) in [6.45, 7) is 3.46. The molecule has 98 valence electrons. The Kier molecular flexibility index (Phi) is 4.60. The van der Waals surface area contributed by atoms with Crippen LogP contribution < -0.4 is 10.6 Å². The van der Waals surface area contributed by atoms with Gasteiger partial charge in [-0.15, -0.1) is 0 Å². The minimum absolute atomic E-state index is 0.155. The van der Waals surface area contributed by atoms with Crippen molar-refractivity contribution in [3.63, 3.8) is 0 Å². The fraction of sp³-hybridized carbons (Fsp3) is 0.462. The molecule has 0 spiro atoms. The van der Waals surface area contributed by atoms with Crippen LogP contribution in [0.25, 0.3) is 0 Å². The Morgan fingerprint density at radius 1 is 1.39 bits per heavy atom. The van der Waals surface area contributed by atoms with Crippen LogP contribution in [0.1, 0.15) is 18.4 Å². The first-order valence-corrected chi connectivity index (χ1v) is 6.86. The number of nitrogens with one attached hydrogen (secondary N) is 2. The molecule has 0 aromatic heterocycles. The topological polar surface area (TPSA) is 50.4 Å². The summed E-state index contributed by atoms with van der Waals surface area (Å²) in [5.41, 5.74) is 1.93. The molecule has 0 aliphatic carbocycles. The number of benzene rings is 1. The van der Waals surface area contributed by atoms with Crippen molar-refractivity contribution < 1.29 is 9.53 Å². The minimum atomic E-state index is -0.155. The third-order valence-corrected chi connectivity index (χ3v) is 3.84. The third-order valence-electron chi connectivity index (χ3n) is 2.99. The maximum atomic E-state index is 11.8. The number of ether oxygens (including phenoxy) is 1. The van der Waals surface area contributed by atoms with Gasteiger partial charge in [0.1, 0.15) is 0 Å². The molecule has 0 atom stereocenters. The monoisotopic (exact) mass is 312 g/mol. The number of carbonyl (C=O) groups excluding carboxylic acids is 1. The van der Waals surface area contributed by atoms with E-state index in [0.29, 0.717) is 0 Å². The molecular formula is C13H17BrN2O2. The molecule has 1 aliphatic rings. The molecule has 2 rings (SSSR count). The lowest BCUT2D eigenvalue weighted by Gasteiger charge is -2.23. The van der Waals surface area contributed by atoms with Gasteiger partial charge in [0.25, 0.3) is 0 Å². The number of hydrogen-bond donors (Lipinski definition) is 2. The van der Waals surface area contributed by atoms with Crippen molar-refractivity contribution in [1.29, 1.82) is 0 Å². The van der Waals surface area contributed by atoms with Crippen LogP contribution in [-0.4, -0.2) is 25.3 Å².